The fraction of sp³-hybridized carbons (Fsp3) is 0.133. The van der Waals surface area contributed by atoms with Crippen molar-refractivity contribution in [3.63, 3.8) is 0 Å². The Labute approximate surface area is 317 Å². The zero-order valence-corrected chi connectivity index (χ0v) is 30.9. The maximum atomic E-state index is 12.9. The minimum atomic E-state index is -5.88. The first-order valence-corrected chi connectivity index (χ1v) is 15.5. The van der Waals surface area contributed by atoms with Crippen LogP contribution in [0.3, 0.4) is 0 Å². The van der Waals surface area contributed by atoms with E-state index in [1.54, 1.807) is 24.3 Å². The summed E-state index contributed by atoms with van der Waals surface area (Å²) in [7, 11) is -11.8. The largest absolute Gasteiger partial charge is 1.00 e. The molecule has 48 heavy (non-hydrogen) atoms. The van der Waals surface area contributed by atoms with Crippen LogP contribution < -0.4 is 59.1 Å². The van der Waals surface area contributed by atoms with E-state index >= 15 is 0 Å². The molecule has 0 amide bonds. The Morgan fingerprint density at radius 3 is 1.00 bits per heavy atom. The van der Waals surface area contributed by atoms with Gasteiger partial charge in [0.15, 0.2) is 33.5 Å². The summed E-state index contributed by atoms with van der Waals surface area (Å²) in [5, 5.41) is -9.32. The second kappa shape index (κ2) is 18.4. The monoisotopic (exact) mass is 728 g/mol. The maximum Gasteiger partial charge on any atom is 1.00 e. The molecule has 0 radical (unpaired) electrons. The Morgan fingerprint density at radius 1 is 0.500 bits per heavy atom. The first-order chi connectivity index (χ1) is 21.4. The summed E-state index contributed by atoms with van der Waals surface area (Å²) in [5.41, 5.74) is 3.32. The van der Waals surface area contributed by atoms with Crippen LogP contribution in [-0.4, -0.2) is 61.6 Å². The molecule has 0 aliphatic heterocycles. The molecule has 0 saturated carbocycles. The van der Waals surface area contributed by atoms with E-state index in [0.717, 1.165) is 22.3 Å². The fourth-order valence-electron chi connectivity index (χ4n) is 3.47. The first kappa shape index (κ1) is 43.4. The molecule has 244 valence electrons. The van der Waals surface area contributed by atoms with Crippen LogP contribution in [0.25, 0.3) is 22.3 Å². The van der Waals surface area contributed by atoms with E-state index < -0.39 is 55.9 Å². The summed E-state index contributed by atoms with van der Waals surface area (Å²) in [6.45, 7) is -3.64. The van der Waals surface area contributed by atoms with Crippen LogP contribution in [0.2, 0.25) is 0 Å². The molecule has 0 fully saturated rings. The summed E-state index contributed by atoms with van der Waals surface area (Å²) in [5.74, 6) is -2.29. The average molecular weight is 729 g/mol. The van der Waals surface area contributed by atoms with Gasteiger partial charge < -0.3 is 18.6 Å². The van der Waals surface area contributed by atoms with Crippen LogP contribution in [0, 0.1) is 0 Å². The van der Waals surface area contributed by atoms with Crippen molar-refractivity contribution in [3.8, 4) is 22.3 Å². The van der Waals surface area contributed by atoms with E-state index in [0.29, 0.717) is 0 Å². The Kier molecular flexibility index (Phi) is 16.6. The van der Waals surface area contributed by atoms with E-state index in [1.165, 1.54) is 24.3 Å². The summed E-state index contributed by atoms with van der Waals surface area (Å²) in [6.07, 6.45) is 0. The molecule has 0 aromatic heterocycles. The molecule has 0 spiro atoms. The van der Waals surface area contributed by atoms with Gasteiger partial charge in [0.2, 0.25) is 0 Å². The van der Waals surface area contributed by atoms with Gasteiger partial charge in [0.05, 0.1) is 11.1 Å². The molecular weight excluding hydrogens is 706 g/mol. The van der Waals surface area contributed by atoms with Gasteiger partial charge in [-0.05, 0) is 46.5 Å². The number of ether oxygens (including phenoxy) is 2. The fourth-order valence-corrected chi connectivity index (χ4v) is 3.88. The third-order valence-electron chi connectivity index (χ3n) is 5.93. The standard InChI is InChI=1S/2C15H12F2O5S.2Na/c2*16-15(17,23(19,20)21)10-22-14(18)13-8-6-12(7-9-13)11-4-2-1-3-5-11;;/h2*1-9H,10H2,(H,19,20,21);;/q;;2*+1/p-2. The minimum Gasteiger partial charge on any atom is -0.743 e. The normalized spacial score (nSPS) is 11.5. The molecule has 0 bridgehead atoms. The molecule has 0 atom stereocenters. The molecule has 4 aromatic rings. The van der Waals surface area contributed by atoms with Gasteiger partial charge in [0, 0.05) is 0 Å². The predicted octanol–water partition coefficient (Wildman–Crippen LogP) is -0.695. The first-order valence-electron chi connectivity index (χ1n) is 12.7. The van der Waals surface area contributed by atoms with Crippen molar-refractivity contribution < 1.29 is 122 Å². The molecule has 4 aromatic carbocycles. The van der Waals surface area contributed by atoms with Crippen molar-refractivity contribution in [1.82, 2.24) is 0 Å². The van der Waals surface area contributed by atoms with Gasteiger partial charge >= 0.3 is 81.6 Å². The molecule has 10 nitrogen and oxygen atoms in total. The second-order valence-electron chi connectivity index (χ2n) is 9.22. The van der Waals surface area contributed by atoms with Gasteiger partial charge in [-0.3, -0.25) is 0 Å². The number of hydrogen-bond donors (Lipinski definition) is 0. The average Bonchev–Trinajstić information content (AvgIpc) is 3.03. The molecule has 4 rings (SSSR count). The van der Waals surface area contributed by atoms with E-state index in [1.807, 2.05) is 60.7 Å². The van der Waals surface area contributed by atoms with E-state index in [9.17, 15) is 53.1 Å². The summed E-state index contributed by atoms with van der Waals surface area (Å²) in [4.78, 5) is 23.2. The second-order valence-corrected chi connectivity index (χ2v) is 12.2. The number of carbonyl (C=O) groups is 2. The zero-order valence-electron chi connectivity index (χ0n) is 25.2. The molecule has 0 unspecified atom stereocenters. The van der Waals surface area contributed by atoms with Crippen molar-refractivity contribution in [2.24, 2.45) is 0 Å². The molecule has 0 saturated heterocycles. The summed E-state index contributed by atoms with van der Waals surface area (Å²) < 4.78 is 122. The molecular formula is C30H22F4Na2O10S2. The smallest absolute Gasteiger partial charge is 0.743 e. The number of alkyl halides is 4. The van der Waals surface area contributed by atoms with E-state index in [2.05, 4.69) is 9.47 Å². The number of esters is 2. The predicted molar refractivity (Wildman–Crippen MR) is 154 cm³/mol. The van der Waals surface area contributed by atoms with Crippen LogP contribution in [0.15, 0.2) is 109 Å². The van der Waals surface area contributed by atoms with E-state index in [-0.39, 0.29) is 70.2 Å². The van der Waals surface area contributed by atoms with Gasteiger partial charge in [0.25, 0.3) is 0 Å². The zero-order chi connectivity index (χ0) is 34.2. The summed E-state index contributed by atoms with van der Waals surface area (Å²) >= 11 is 0. The van der Waals surface area contributed by atoms with Crippen LogP contribution in [0.4, 0.5) is 17.6 Å². The number of halogens is 4. The SMILES string of the molecule is O=C(OCC(F)(F)S(=O)(=O)[O-])c1ccc(-c2ccccc2)cc1.O=C(OCC(F)(F)S(=O)(=O)[O-])c1ccc(-c2ccccc2)cc1.[Na+].[Na+]. The van der Waals surface area contributed by atoms with Gasteiger partial charge in [-0.1, -0.05) is 84.9 Å². The number of benzene rings is 4. The van der Waals surface area contributed by atoms with Crippen molar-refractivity contribution in [1.29, 1.82) is 0 Å². The topological polar surface area (TPSA) is 167 Å². The van der Waals surface area contributed by atoms with Gasteiger partial charge in [0.1, 0.15) is 0 Å². The third kappa shape index (κ3) is 12.4. The van der Waals surface area contributed by atoms with Crippen LogP contribution in [0.1, 0.15) is 20.7 Å². The van der Waals surface area contributed by atoms with Crippen molar-refractivity contribution in [2.75, 3.05) is 13.2 Å². The third-order valence-corrected chi connectivity index (χ3v) is 7.63. The number of carbonyl (C=O) groups excluding carboxylic acids is 2. The van der Waals surface area contributed by atoms with Gasteiger partial charge in [-0.25, -0.2) is 26.4 Å². The quantitative estimate of drug-likeness (QED) is 0.0883. The molecule has 0 heterocycles. The molecule has 0 aliphatic rings. The van der Waals surface area contributed by atoms with Crippen molar-refractivity contribution >= 4 is 32.2 Å². The van der Waals surface area contributed by atoms with E-state index in [4.69, 9.17) is 0 Å². The van der Waals surface area contributed by atoms with Gasteiger partial charge in [-0.2, -0.15) is 17.6 Å². The van der Waals surface area contributed by atoms with Gasteiger partial charge in [-0.15, -0.1) is 0 Å². The minimum absolute atomic E-state index is 0. The Balaban J connectivity index is 0.000000461. The van der Waals surface area contributed by atoms with Crippen LogP contribution in [-0.2, 0) is 29.7 Å². The molecule has 0 aliphatic carbocycles. The van der Waals surface area contributed by atoms with Crippen LogP contribution in [0.5, 0.6) is 0 Å². The number of hydrogen-bond acceptors (Lipinski definition) is 10. The van der Waals surface area contributed by atoms with Crippen molar-refractivity contribution in [2.45, 2.75) is 10.5 Å². The Bertz CT molecular complexity index is 1720. The van der Waals surface area contributed by atoms with Crippen LogP contribution >= 0.6 is 0 Å². The maximum absolute atomic E-state index is 12.9. The molecule has 0 N–H and O–H groups in total. The van der Waals surface area contributed by atoms with Crippen molar-refractivity contribution in [3.05, 3.63) is 120 Å². The molecule has 18 heteroatoms. The summed E-state index contributed by atoms with van der Waals surface area (Å²) in [6, 6.07) is 30.2. The Hall–Kier alpha value is -2.64. The Morgan fingerprint density at radius 2 is 0.750 bits per heavy atom. The number of rotatable bonds is 10.